The number of phenolic OH excluding ortho intramolecular Hbond substituents is 1. The Morgan fingerprint density at radius 3 is 2.72 bits per heavy atom. The van der Waals surface area contributed by atoms with Gasteiger partial charge in [-0.05, 0) is 24.6 Å². The molecule has 3 aromatic rings. The summed E-state index contributed by atoms with van der Waals surface area (Å²) in [5, 5.41) is 10.6. The van der Waals surface area contributed by atoms with Crippen molar-refractivity contribution < 1.29 is 14.2 Å². The van der Waals surface area contributed by atoms with Crippen molar-refractivity contribution in [2.24, 2.45) is 0 Å². The molecular formula is C20H19BClFN4O2. The van der Waals surface area contributed by atoms with E-state index >= 15 is 0 Å². The Bertz CT molecular complexity index is 1080. The maximum Gasteiger partial charge on any atom is 0.183 e. The van der Waals surface area contributed by atoms with Crippen molar-refractivity contribution in [3.05, 3.63) is 46.9 Å². The zero-order valence-corrected chi connectivity index (χ0v) is 16.9. The predicted octanol–water partition coefficient (Wildman–Crippen LogP) is 2.11. The molecule has 0 saturated carbocycles. The molecule has 29 heavy (non-hydrogen) atoms. The third-order valence-corrected chi connectivity index (χ3v) is 5.12. The number of halogens is 2. The molecule has 1 aromatic carbocycles. The molecule has 1 N–H and O–H groups in total. The van der Waals surface area contributed by atoms with Gasteiger partial charge in [0.05, 0.1) is 30.1 Å². The molecule has 1 aliphatic rings. The quantitative estimate of drug-likeness (QED) is 0.665. The normalized spacial score (nSPS) is 14.2. The first-order valence-corrected chi connectivity index (χ1v) is 9.64. The summed E-state index contributed by atoms with van der Waals surface area (Å²) >= 11 is 6.12. The Balaban J connectivity index is 1.79. The molecule has 2 aromatic heterocycles. The van der Waals surface area contributed by atoms with Gasteiger partial charge in [-0.3, -0.25) is 0 Å². The van der Waals surface area contributed by atoms with Crippen LogP contribution in [0.25, 0.3) is 22.8 Å². The van der Waals surface area contributed by atoms with Gasteiger partial charge in [-0.15, -0.1) is 0 Å². The molecule has 9 heteroatoms. The third-order valence-electron chi connectivity index (χ3n) is 4.83. The van der Waals surface area contributed by atoms with Crippen LogP contribution in [-0.2, 0) is 4.74 Å². The van der Waals surface area contributed by atoms with E-state index in [0.29, 0.717) is 49.1 Å². The molecule has 4 rings (SSSR count). The van der Waals surface area contributed by atoms with Crippen LogP contribution < -0.4 is 10.4 Å². The summed E-state index contributed by atoms with van der Waals surface area (Å²) in [7, 11) is 1.89. The standard InChI is InChI=1S/C20H19BClFN4O2/c1-11-2-3-16(13-8-12(21)9-14(22)18(13)28)25-17(11)19-24-10-15(23)20(26-19)27-4-6-29-7-5-27/h2-3,8-10,28H,4-7,21H2,1H3. The van der Waals surface area contributed by atoms with Crippen LogP contribution in [0.3, 0.4) is 0 Å². The zero-order chi connectivity index (χ0) is 20.5. The number of aromatic nitrogens is 3. The molecule has 1 saturated heterocycles. The van der Waals surface area contributed by atoms with E-state index in [1.165, 1.54) is 6.20 Å². The zero-order valence-electron chi connectivity index (χ0n) is 16.1. The Kier molecular flexibility index (Phi) is 5.38. The lowest BCUT2D eigenvalue weighted by Crippen LogP contribution is -2.37. The largest absolute Gasteiger partial charge is 0.506 e. The highest BCUT2D eigenvalue weighted by Crippen LogP contribution is 2.34. The lowest BCUT2D eigenvalue weighted by Gasteiger charge is -2.28. The average Bonchev–Trinajstić information content (AvgIpc) is 2.72. The highest BCUT2D eigenvalue weighted by atomic mass is 35.5. The molecule has 148 valence electrons. The molecule has 0 spiro atoms. The lowest BCUT2D eigenvalue weighted by atomic mass is 9.92. The molecule has 0 aliphatic carbocycles. The number of benzene rings is 1. The van der Waals surface area contributed by atoms with Gasteiger partial charge >= 0.3 is 0 Å². The summed E-state index contributed by atoms with van der Waals surface area (Å²) in [6, 6.07) is 7.17. The van der Waals surface area contributed by atoms with E-state index in [0.717, 1.165) is 11.0 Å². The van der Waals surface area contributed by atoms with E-state index in [2.05, 4.69) is 15.0 Å². The molecular weight excluding hydrogens is 394 g/mol. The number of ether oxygens (including phenoxy) is 1. The van der Waals surface area contributed by atoms with Crippen molar-refractivity contribution in [2.45, 2.75) is 6.92 Å². The first-order chi connectivity index (χ1) is 13.9. The number of phenols is 1. The molecule has 0 unspecified atom stereocenters. The maximum absolute atomic E-state index is 14.4. The van der Waals surface area contributed by atoms with Crippen molar-refractivity contribution in [3.63, 3.8) is 0 Å². The number of aryl methyl sites for hydroxylation is 1. The number of hydrogen-bond donors (Lipinski definition) is 1. The van der Waals surface area contributed by atoms with Gasteiger partial charge in [-0.1, -0.05) is 29.2 Å². The summed E-state index contributed by atoms with van der Waals surface area (Å²) in [5.41, 5.74) is 3.32. The molecule has 6 nitrogen and oxygen atoms in total. The van der Waals surface area contributed by atoms with Gasteiger partial charge < -0.3 is 14.7 Å². The number of rotatable bonds is 3. The first kappa shape index (κ1) is 19.6. The predicted molar refractivity (Wildman–Crippen MR) is 113 cm³/mol. The van der Waals surface area contributed by atoms with Crippen LogP contribution in [0.2, 0.25) is 5.02 Å². The Labute approximate surface area is 173 Å². The molecule has 0 amide bonds. The molecule has 3 heterocycles. The molecule has 1 aliphatic heterocycles. The minimum Gasteiger partial charge on any atom is -0.506 e. The van der Waals surface area contributed by atoms with E-state index in [-0.39, 0.29) is 16.6 Å². The van der Waals surface area contributed by atoms with Crippen molar-refractivity contribution in [3.8, 4) is 28.5 Å². The molecule has 0 atom stereocenters. The second-order valence-corrected chi connectivity index (χ2v) is 7.38. The van der Waals surface area contributed by atoms with Gasteiger partial charge in [-0.25, -0.2) is 19.3 Å². The van der Waals surface area contributed by atoms with Crippen LogP contribution in [-0.4, -0.2) is 54.2 Å². The number of pyridine rings is 1. The smallest absolute Gasteiger partial charge is 0.183 e. The van der Waals surface area contributed by atoms with Gasteiger partial charge in [0.15, 0.2) is 17.5 Å². The summed E-state index contributed by atoms with van der Waals surface area (Å²) in [4.78, 5) is 15.1. The van der Waals surface area contributed by atoms with E-state index in [1.54, 1.807) is 12.1 Å². The summed E-state index contributed by atoms with van der Waals surface area (Å²) < 4.78 is 19.7. The number of morpholine rings is 1. The van der Waals surface area contributed by atoms with E-state index in [4.69, 9.17) is 16.3 Å². The fourth-order valence-corrected chi connectivity index (χ4v) is 3.58. The average molecular weight is 413 g/mol. The number of nitrogens with zero attached hydrogens (tertiary/aromatic N) is 4. The van der Waals surface area contributed by atoms with Crippen LogP contribution in [0.1, 0.15) is 5.56 Å². The Morgan fingerprint density at radius 2 is 1.97 bits per heavy atom. The Morgan fingerprint density at radius 1 is 1.21 bits per heavy atom. The second kappa shape index (κ2) is 7.97. The van der Waals surface area contributed by atoms with Crippen molar-refractivity contribution in [1.29, 1.82) is 0 Å². The van der Waals surface area contributed by atoms with Crippen LogP contribution >= 0.6 is 11.6 Å². The van der Waals surface area contributed by atoms with E-state index < -0.39 is 5.82 Å². The summed E-state index contributed by atoms with van der Waals surface area (Å²) in [5.74, 6) is 0.0537. The first-order valence-electron chi connectivity index (χ1n) is 9.27. The minimum absolute atomic E-state index is 0.0337. The molecule has 0 bridgehead atoms. The van der Waals surface area contributed by atoms with Crippen molar-refractivity contribution in [2.75, 3.05) is 31.2 Å². The fourth-order valence-electron chi connectivity index (χ4n) is 3.30. The summed E-state index contributed by atoms with van der Waals surface area (Å²) in [6.45, 7) is 4.07. The molecule has 0 radical (unpaired) electrons. The topological polar surface area (TPSA) is 71.4 Å². The highest BCUT2D eigenvalue weighted by molar-refractivity contribution is 6.37. The fraction of sp³-hybridized carbons (Fsp3) is 0.250. The lowest BCUT2D eigenvalue weighted by molar-refractivity contribution is 0.122. The van der Waals surface area contributed by atoms with Gasteiger partial charge in [0.1, 0.15) is 19.3 Å². The number of aromatic hydroxyl groups is 1. The van der Waals surface area contributed by atoms with Gasteiger partial charge in [0.2, 0.25) is 0 Å². The van der Waals surface area contributed by atoms with Gasteiger partial charge in [-0.2, -0.15) is 0 Å². The maximum atomic E-state index is 14.4. The molecule has 1 fully saturated rings. The van der Waals surface area contributed by atoms with Crippen LogP contribution in [0.15, 0.2) is 30.5 Å². The van der Waals surface area contributed by atoms with Gasteiger partial charge in [0, 0.05) is 18.7 Å². The number of anilines is 1. The van der Waals surface area contributed by atoms with E-state index in [9.17, 15) is 9.50 Å². The van der Waals surface area contributed by atoms with Crippen LogP contribution in [0, 0.1) is 12.7 Å². The monoisotopic (exact) mass is 412 g/mol. The second-order valence-electron chi connectivity index (χ2n) is 6.97. The summed E-state index contributed by atoms with van der Waals surface area (Å²) in [6.07, 6.45) is 1.17. The Hall–Kier alpha value is -2.71. The van der Waals surface area contributed by atoms with E-state index in [1.807, 2.05) is 31.8 Å². The third kappa shape index (κ3) is 3.90. The SMILES string of the molecule is Bc1cc(Cl)c(O)c(-c2ccc(C)c(-c3ncc(F)c(N4CCOCC4)n3)n2)c1. The number of hydrogen-bond acceptors (Lipinski definition) is 6. The highest BCUT2D eigenvalue weighted by Gasteiger charge is 2.20. The van der Waals surface area contributed by atoms with Crippen molar-refractivity contribution >= 4 is 30.7 Å². The van der Waals surface area contributed by atoms with Gasteiger partial charge in [0.25, 0.3) is 0 Å². The van der Waals surface area contributed by atoms with Crippen LogP contribution in [0.4, 0.5) is 10.2 Å². The minimum atomic E-state index is -0.479. The van der Waals surface area contributed by atoms with Crippen molar-refractivity contribution in [1.82, 2.24) is 15.0 Å². The van der Waals surface area contributed by atoms with Crippen LogP contribution in [0.5, 0.6) is 5.75 Å².